The van der Waals surface area contributed by atoms with Crippen LogP contribution in [0.25, 0.3) is 6.08 Å². The van der Waals surface area contributed by atoms with Gasteiger partial charge in [0.2, 0.25) is 0 Å². The van der Waals surface area contributed by atoms with Gasteiger partial charge in [-0.25, -0.2) is 9.69 Å². The summed E-state index contributed by atoms with van der Waals surface area (Å²) >= 11 is 5.92. The summed E-state index contributed by atoms with van der Waals surface area (Å²) in [7, 11) is 0. The number of imide groups is 1. The van der Waals surface area contributed by atoms with Gasteiger partial charge in [-0.1, -0.05) is 53.6 Å². The number of aryl methyl sites for hydroxylation is 1. The average molecular weight is 475 g/mol. The maximum absolute atomic E-state index is 12.9. The van der Waals surface area contributed by atoms with Gasteiger partial charge >= 0.3 is 5.97 Å². The van der Waals surface area contributed by atoms with Gasteiger partial charge in [-0.15, -0.1) is 0 Å². The molecule has 0 saturated carbocycles. The minimum absolute atomic E-state index is 0.162. The summed E-state index contributed by atoms with van der Waals surface area (Å²) in [5, 5.41) is 3.07. The third kappa shape index (κ3) is 4.89. The van der Waals surface area contributed by atoms with E-state index in [1.165, 1.54) is 18.2 Å². The Bertz CT molecular complexity index is 1280. The van der Waals surface area contributed by atoms with Gasteiger partial charge in [0, 0.05) is 10.6 Å². The molecule has 0 unspecified atom stereocenters. The molecule has 3 amide bonds. The van der Waals surface area contributed by atoms with Gasteiger partial charge in [-0.05, 0) is 55.0 Å². The second-order valence-corrected chi connectivity index (χ2v) is 8.01. The molecule has 3 aromatic carbocycles. The van der Waals surface area contributed by atoms with Gasteiger partial charge < -0.3 is 10.1 Å². The Morgan fingerprint density at radius 3 is 2.09 bits per heavy atom. The van der Waals surface area contributed by atoms with E-state index < -0.39 is 30.4 Å². The van der Waals surface area contributed by atoms with Crippen molar-refractivity contribution < 1.29 is 23.9 Å². The molecule has 0 aliphatic carbocycles. The highest BCUT2D eigenvalue weighted by molar-refractivity contribution is 6.30. The Balaban J connectivity index is 1.53. The first-order chi connectivity index (χ1) is 16.3. The molecule has 34 heavy (non-hydrogen) atoms. The van der Waals surface area contributed by atoms with Crippen molar-refractivity contribution in [3.63, 3.8) is 0 Å². The molecule has 1 heterocycles. The van der Waals surface area contributed by atoms with Crippen LogP contribution in [0.4, 0.5) is 0 Å². The Morgan fingerprint density at radius 1 is 0.912 bits per heavy atom. The van der Waals surface area contributed by atoms with Crippen molar-refractivity contribution in [2.75, 3.05) is 6.73 Å². The first-order valence-corrected chi connectivity index (χ1v) is 10.7. The number of hydrogen-bond acceptors (Lipinski definition) is 5. The number of nitrogens with zero attached hydrogens (tertiary/aromatic N) is 1. The van der Waals surface area contributed by atoms with Crippen molar-refractivity contribution >= 4 is 41.4 Å². The molecule has 1 aliphatic rings. The van der Waals surface area contributed by atoms with Gasteiger partial charge in [-0.3, -0.25) is 14.4 Å². The molecule has 170 valence electrons. The first kappa shape index (κ1) is 22.9. The van der Waals surface area contributed by atoms with Gasteiger partial charge in [0.25, 0.3) is 17.7 Å². The molecule has 8 heteroatoms. The van der Waals surface area contributed by atoms with Gasteiger partial charge in [0.05, 0.1) is 11.1 Å². The predicted octanol–water partition coefficient (Wildman–Crippen LogP) is 4.22. The molecule has 0 bridgehead atoms. The number of nitrogens with one attached hydrogen (secondary N) is 1. The second-order valence-electron chi connectivity index (χ2n) is 7.57. The number of amides is 3. The zero-order valence-electron chi connectivity index (χ0n) is 18.1. The van der Waals surface area contributed by atoms with Gasteiger partial charge in [0.15, 0.2) is 6.73 Å². The highest BCUT2D eigenvalue weighted by Gasteiger charge is 2.36. The lowest BCUT2D eigenvalue weighted by Gasteiger charge is -2.15. The highest BCUT2D eigenvalue weighted by Crippen LogP contribution is 2.22. The SMILES string of the molecule is Cc1ccc(C(=O)NC(=Cc2ccc(Cl)cc2)C(=O)OCN2C(=O)c3ccccc3C2=O)cc1. The molecule has 4 rings (SSSR count). The van der Waals surface area contributed by atoms with E-state index in [0.29, 0.717) is 16.1 Å². The van der Waals surface area contributed by atoms with E-state index in [9.17, 15) is 19.2 Å². The molecule has 0 atom stereocenters. The van der Waals surface area contributed by atoms with Crippen molar-refractivity contribution in [3.05, 3.63) is 111 Å². The normalized spacial score (nSPS) is 13.0. The van der Waals surface area contributed by atoms with Gasteiger partial charge in [0.1, 0.15) is 5.70 Å². The molecule has 0 radical (unpaired) electrons. The maximum atomic E-state index is 12.9. The van der Waals surface area contributed by atoms with E-state index in [1.807, 2.05) is 6.92 Å². The summed E-state index contributed by atoms with van der Waals surface area (Å²) in [6, 6.07) is 19.8. The lowest BCUT2D eigenvalue weighted by Crippen LogP contribution is -2.35. The molecular weight excluding hydrogens is 456 g/mol. The monoisotopic (exact) mass is 474 g/mol. The molecule has 0 saturated heterocycles. The average Bonchev–Trinajstić information content (AvgIpc) is 3.08. The maximum Gasteiger partial charge on any atom is 0.356 e. The van der Waals surface area contributed by atoms with E-state index in [1.54, 1.807) is 60.7 Å². The Labute approximate surface area is 200 Å². The van der Waals surface area contributed by atoms with Crippen molar-refractivity contribution in [1.29, 1.82) is 0 Å². The van der Waals surface area contributed by atoms with Crippen LogP contribution in [0.3, 0.4) is 0 Å². The molecule has 7 nitrogen and oxygen atoms in total. The molecule has 0 spiro atoms. The number of carbonyl (C=O) groups is 4. The van der Waals surface area contributed by atoms with Crippen molar-refractivity contribution in [2.24, 2.45) is 0 Å². The summed E-state index contributed by atoms with van der Waals surface area (Å²) in [5.41, 5.74) is 2.24. The molecule has 3 aromatic rings. The minimum Gasteiger partial charge on any atom is -0.439 e. The standard InChI is InChI=1S/C26H19ClN2O5/c1-16-6-10-18(11-7-16)23(30)28-22(14-17-8-12-19(27)13-9-17)26(33)34-15-29-24(31)20-4-2-3-5-21(20)25(29)32/h2-14H,15H2,1H3,(H,28,30). The van der Waals surface area contributed by atoms with Crippen LogP contribution in [0.2, 0.25) is 5.02 Å². The fraction of sp³-hybridized carbons (Fsp3) is 0.0769. The lowest BCUT2D eigenvalue weighted by atomic mass is 10.1. The highest BCUT2D eigenvalue weighted by atomic mass is 35.5. The van der Waals surface area contributed by atoms with E-state index in [2.05, 4.69) is 5.32 Å². The fourth-order valence-electron chi connectivity index (χ4n) is 3.33. The summed E-state index contributed by atoms with van der Waals surface area (Å²) in [6.07, 6.45) is 1.42. The Kier molecular flexibility index (Phi) is 6.56. The van der Waals surface area contributed by atoms with E-state index >= 15 is 0 Å². The third-order valence-corrected chi connectivity index (χ3v) is 5.42. The third-order valence-electron chi connectivity index (χ3n) is 5.17. The predicted molar refractivity (Wildman–Crippen MR) is 126 cm³/mol. The Morgan fingerprint density at radius 2 is 1.50 bits per heavy atom. The zero-order chi connectivity index (χ0) is 24.2. The number of ether oxygens (including phenoxy) is 1. The Hall–Kier alpha value is -4.23. The molecule has 0 fully saturated rings. The van der Waals surface area contributed by atoms with Crippen LogP contribution in [0, 0.1) is 6.92 Å². The number of hydrogen-bond donors (Lipinski definition) is 1. The van der Waals surface area contributed by atoms with E-state index in [4.69, 9.17) is 16.3 Å². The summed E-state index contributed by atoms with van der Waals surface area (Å²) in [6.45, 7) is 1.30. The van der Waals surface area contributed by atoms with Crippen molar-refractivity contribution in [1.82, 2.24) is 10.2 Å². The summed E-state index contributed by atoms with van der Waals surface area (Å²) < 4.78 is 5.25. The minimum atomic E-state index is -0.910. The van der Waals surface area contributed by atoms with Crippen LogP contribution in [-0.4, -0.2) is 35.3 Å². The number of benzene rings is 3. The van der Waals surface area contributed by atoms with Crippen molar-refractivity contribution in [2.45, 2.75) is 6.92 Å². The summed E-state index contributed by atoms with van der Waals surface area (Å²) in [4.78, 5) is 51.5. The van der Waals surface area contributed by atoms with Crippen LogP contribution in [-0.2, 0) is 9.53 Å². The largest absolute Gasteiger partial charge is 0.439 e. The fourth-order valence-corrected chi connectivity index (χ4v) is 3.45. The number of fused-ring (bicyclic) bond motifs is 1. The van der Waals surface area contributed by atoms with E-state index in [-0.39, 0.29) is 16.8 Å². The van der Waals surface area contributed by atoms with E-state index in [0.717, 1.165) is 10.5 Å². The molecule has 0 aromatic heterocycles. The van der Waals surface area contributed by atoms with Crippen LogP contribution < -0.4 is 5.32 Å². The second kappa shape index (κ2) is 9.72. The quantitative estimate of drug-likeness (QED) is 0.328. The molecule has 1 N–H and O–H groups in total. The topological polar surface area (TPSA) is 92.8 Å². The molecule has 1 aliphatic heterocycles. The number of rotatable bonds is 6. The molecular formula is C26H19ClN2O5. The van der Waals surface area contributed by atoms with Crippen LogP contribution in [0.1, 0.15) is 42.2 Å². The van der Waals surface area contributed by atoms with Gasteiger partial charge in [-0.2, -0.15) is 0 Å². The first-order valence-electron chi connectivity index (χ1n) is 10.3. The van der Waals surface area contributed by atoms with Crippen LogP contribution in [0.15, 0.2) is 78.5 Å². The summed E-state index contributed by atoms with van der Waals surface area (Å²) in [5.74, 6) is -2.54. The van der Waals surface area contributed by atoms with Crippen molar-refractivity contribution in [3.8, 4) is 0 Å². The van der Waals surface area contributed by atoms with Crippen LogP contribution >= 0.6 is 11.6 Å². The number of halogens is 1. The smallest absolute Gasteiger partial charge is 0.356 e. The van der Waals surface area contributed by atoms with Crippen LogP contribution in [0.5, 0.6) is 0 Å². The zero-order valence-corrected chi connectivity index (χ0v) is 18.8. The number of esters is 1. The number of carbonyl (C=O) groups excluding carboxylic acids is 4. The lowest BCUT2D eigenvalue weighted by molar-refractivity contribution is -0.141.